The van der Waals surface area contributed by atoms with Crippen molar-refractivity contribution in [2.24, 2.45) is 0 Å². The quantitative estimate of drug-likeness (QED) is 0.644. The summed E-state index contributed by atoms with van der Waals surface area (Å²) in [6.07, 6.45) is 1.65. The maximum atomic E-state index is 10.7. The third-order valence-corrected chi connectivity index (χ3v) is 1.95. The Morgan fingerprint density at radius 3 is 2.92 bits per heavy atom. The van der Waals surface area contributed by atoms with Crippen LogP contribution >= 0.6 is 0 Å². The summed E-state index contributed by atoms with van der Waals surface area (Å²) in [5.41, 5.74) is 0. The first-order chi connectivity index (χ1) is 5.54. The SMILES string of the molecule is CC1CCCOC(C)(C(=O)O)O1. The first-order valence-corrected chi connectivity index (χ1v) is 4.10. The molecule has 1 rings (SSSR count). The van der Waals surface area contributed by atoms with E-state index in [4.69, 9.17) is 14.6 Å². The van der Waals surface area contributed by atoms with E-state index >= 15 is 0 Å². The van der Waals surface area contributed by atoms with Crippen molar-refractivity contribution in [3.05, 3.63) is 0 Å². The van der Waals surface area contributed by atoms with Crippen LogP contribution in [-0.2, 0) is 14.3 Å². The van der Waals surface area contributed by atoms with Crippen LogP contribution in [0.3, 0.4) is 0 Å². The number of rotatable bonds is 1. The van der Waals surface area contributed by atoms with Crippen molar-refractivity contribution in [2.75, 3.05) is 6.61 Å². The minimum absolute atomic E-state index is 0.0476. The predicted molar refractivity (Wildman–Crippen MR) is 41.8 cm³/mol. The zero-order valence-electron chi connectivity index (χ0n) is 7.37. The smallest absolute Gasteiger partial charge is 0.364 e. The molecule has 4 nitrogen and oxygen atoms in total. The largest absolute Gasteiger partial charge is 0.477 e. The Bertz CT molecular complexity index is 180. The minimum Gasteiger partial charge on any atom is -0.477 e. The molecule has 0 aromatic carbocycles. The zero-order chi connectivity index (χ0) is 9.19. The molecule has 1 heterocycles. The lowest BCUT2D eigenvalue weighted by atomic mass is 10.2. The van der Waals surface area contributed by atoms with Crippen molar-refractivity contribution in [2.45, 2.75) is 38.6 Å². The number of ether oxygens (including phenoxy) is 2. The van der Waals surface area contributed by atoms with Gasteiger partial charge in [0.25, 0.3) is 5.79 Å². The first kappa shape index (κ1) is 9.48. The average molecular weight is 174 g/mol. The Morgan fingerprint density at radius 2 is 2.33 bits per heavy atom. The summed E-state index contributed by atoms with van der Waals surface area (Å²) in [6.45, 7) is 3.75. The average Bonchev–Trinajstić information content (AvgIpc) is 2.12. The lowest BCUT2D eigenvalue weighted by Gasteiger charge is -2.25. The normalized spacial score (nSPS) is 37.3. The molecule has 2 atom stereocenters. The fraction of sp³-hybridized carbons (Fsp3) is 0.875. The predicted octanol–water partition coefficient (Wildman–Crippen LogP) is 1.00. The molecule has 1 aliphatic heterocycles. The van der Waals surface area contributed by atoms with Gasteiger partial charge in [0.2, 0.25) is 0 Å². The van der Waals surface area contributed by atoms with Gasteiger partial charge in [0, 0.05) is 6.92 Å². The Labute approximate surface area is 71.5 Å². The van der Waals surface area contributed by atoms with Crippen molar-refractivity contribution >= 4 is 5.97 Å². The van der Waals surface area contributed by atoms with E-state index in [0.717, 1.165) is 12.8 Å². The van der Waals surface area contributed by atoms with Crippen LogP contribution < -0.4 is 0 Å². The third kappa shape index (κ3) is 1.95. The van der Waals surface area contributed by atoms with Gasteiger partial charge in [-0.2, -0.15) is 0 Å². The van der Waals surface area contributed by atoms with Crippen molar-refractivity contribution < 1.29 is 19.4 Å². The van der Waals surface area contributed by atoms with Crippen molar-refractivity contribution in [3.8, 4) is 0 Å². The highest BCUT2D eigenvalue weighted by atomic mass is 16.7. The molecule has 12 heavy (non-hydrogen) atoms. The molecule has 1 fully saturated rings. The van der Waals surface area contributed by atoms with Gasteiger partial charge in [0.1, 0.15) is 0 Å². The summed E-state index contributed by atoms with van der Waals surface area (Å²) in [5.74, 6) is -2.51. The van der Waals surface area contributed by atoms with E-state index in [1.165, 1.54) is 6.92 Å². The number of carboxylic acid groups (broad SMARTS) is 1. The van der Waals surface area contributed by atoms with Crippen LogP contribution in [0.1, 0.15) is 26.7 Å². The second kappa shape index (κ2) is 3.41. The summed E-state index contributed by atoms with van der Waals surface area (Å²) in [6, 6.07) is 0. The Balaban J connectivity index is 2.67. The van der Waals surface area contributed by atoms with Gasteiger partial charge in [0.15, 0.2) is 0 Å². The van der Waals surface area contributed by atoms with E-state index in [2.05, 4.69) is 0 Å². The zero-order valence-corrected chi connectivity index (χ0v) is 7.37. The molecule has 1 saturated heterocycles. The van der Waals surface area contributed by atoms with Crippen LogP contribution in [0.15, 0.2) is 0 Å². The monoisotopic (exact) mass is 174 g/mol. The second-order valence-corrected chi connectivity index (χ2v) is 3.17. The molecule has 0 amide bonds. The van der Waals surface area contributed by atoms with E-state index in [-0.39, 0.29) is 6.10 Å². The molecular formula is C8H14O4. The molecule has 70 valence electrons. The van der Waals surface area contributed by atoms with Gasteiger partial charge in [-0.1, -0.05) is 0 Å². The number of aliphatic carboxylic acids is 1. The van der Waals surface area contributed by atoms with Gasteiger partial charge in [-0.3, -0.25) is 0 Å². The summed E-state index contributed by atoms with van der Waals surface area (Å²) < 4.78 is 10.3. The summed E-state index contributed by atoms with van der Waals surface area (Å²) in [7, 11) is 0. The van der Waals surface area contributed by atoms with E-state index in [1.54, 1.807) is 0 Å². The Kier molecular flexibility index (Phi) is 2.69. The molecule has 0 radical (unpaired) electrons. The highest BCUT2D eigenvalue weighted by Gasteiger charge is 2.38. The Morgan fingerprint density at radius 1 is 1.67 bits per heavy atom. The number of hydrogen-bond acceptors (Lipinski definition) is 3. The topological polar surface area (TPSA) is 55.8 Å². The summed E-state index contributed by atoms with van der Waals surface area (Å²) >= 11 is 0. The number of carbonyl (C=O) groups is 1. The second-order valence-electron chi connectivity index (χ2n) is 3.17. The van der Waals surface area contributed by atoms with E-state index in [0.29, 0.717) is 6.61 Å². The van der Waals surface area contributed by atoms with E-state index in [1.807, 2.05) is 6.92 Å². The lowest BCUT2D eigenvalue weighted by Crippen LogP contribution is -2.42. The van der Waals surface area contributed by atoms with Gasteiger partial charge in [-0.25, -0.2) is 4.79 Å². The molecule has 0 aliphatic carbocycles. The maximum absolute atomic E-state index is 10.7. The summed E-state index contributed by atoms with van der Waals surface area (Å²) in [4.78, 5) is 10.7. The summed E-state index contributed by atoms with van der Waals surface area (Å²) in [5, 5.41) is 8.79. The van der Waals surface area contributed by atoms with Crippen LogP contribution in [0, 0.1) is 0 Å². The van der Waals surface area contributed by atoms with Gasteiger partial charge < -0.3 is 14.6 Å². The van der Waals surface area contributed by atoms with Crippen LogP contribution in [0.25, 0.3) is 0 Å². The fourth-order valence-corrected chi connectivity index (χ4v) is 1.23. The van der Waals surface area contributed by atoms with Crippen LogP contribution in [0.4, 0.5) is 0 Å². The Hall–Kier alpha value is -0.610. The molecule has 2 unspecified atom stereocenters. The van der Waals surface area contributed by atoms with Crippen LogP contribution in [-0.4, -0.2) is 29.6 Å². The minimum atomic E-state index is -1.45. The highest BCUT2D eigenvalue weighted by Crippen LogP contribution is 2.21. The first-order valence-electron chi connectivity index (χ1n) is 4.10. The van der Waals surface area contributed by atoms with Crippen LogP contribution in [0.2, 0.25) is 0 Å². The van der Waals surface area contributed by atoms with Crippen LogP contribution in [0.5, 0.6) is 0 Å². The van der Waals surface area contributed by atoms with Crippen molar-refractivity contribution in [1.29, 1.82) is 0 Å². The van der Waals surface area contributed by atoms with Crippen molar-refractivity contribution in [1.82, 2.24) is 0 Å². The lowest BCUT2D eigenvalue weighted by molar-refractivity contribution is -0.240. The fourth-order valence-electron chi connectivity index (χ4n) is 1.23. The van der Waals surface area contributed by atoms with Gasteiger partial charge >= 0.3 is 5.97 Å². The molecule has 0 aromatic rings. The standard InChI is InChI=1S/C8H14O4/c1-6-4-3-5-11-8(2,12-6)7(9)10/h6H,3-5H2,1-2H3,(H,9,10). The van der Waals surface area contributed by atoms with Gasteiger partial charge in [0.05, 0.1) is 12.7 Å². The van der Waals surface area contributed by atoms with Crippen molar-refractivity contribution in [3.63, 3.8) is 0 Å². The van der Waals surface area contributed by atoms with E-state index in [9.17, 15) is 4.79 Å². The number of hydrogen-bond donors (Lipinski definition) is 1. The molecular weight excluding hydrogens is 160 g/mol. The molecule has 0 aromatic heterocycles. The molecule has 1 N–H and O–H groups in total. The van der Waals surface area contributed by atoms with Gasteiger partial charge in [-0.05, 0) is 19.8 Å². The molecule has 0 bridgehead atoms. The van der Waals surface area contributed by atoms with Gasteiger partial charge in [-0.15, -0.1) is 0 Å². The molecule has 0 saturated carbocycles. The molecule has 0 spiro atoms. The molecule has 1 aliphatic rings. The third-order valence-electron chi connectivity index (χ3n) is 1.95. The van der Waals surface area contributed by atoms with E-state index < -0.39 is 11.8 Å². The highest BCUT2D eigenvalue weighted by molar-refractivity contribution is 5.75. The maximum Gasteiger partial charge on any atom is 0.364 e. The number of carboxylic acids is 1. The molecule has 4 heteroatoms.